The van der Waals surface area contributed by atoms with Crippen molar-refractivity contribution in [3.8, 4) is 5.75 Å². The van der Waals surface area contributed by atoms with Crippen LogP contribution in [0.2, 0.25) is 0 Å². The van der Waals surface area contributed by atoms with Crippen molar-refractivity contribution in [3.05, 3.63) is 29.5 Å². The smallest absolute Gasteiger partial charge is 0.342 e. The molecule has 0 bridgehead atoms. The zero-order chi connectivity index (χ0) is 13.4. The van der Waals surface area contributed by atoms with Gasteiger partial charge in [-0.25, -0.2) is 4.79 Å². The first-order valence-electron chi connectivity index (χ1n) is 6.60. The number of hydrogen-bond acceptors (Lipinski definition) is 4. The van der Waals surface area contributed by atoms with Crippen molar-refractivity contribution in [1.29, 1.82) is 0 Å². The van der Waals surface area contributed by atoms with Gasteiger partial charge in [0.05, 0.1) is 6.61 Å². The van der Waals surface area contributed by atoms with Gasteiger partial charge in [-0.2, -0.15) is 0 Å². The van der Waals surface area contributed by atoms with E-state index in [0.29, 0.717) is 34.8 Å². The molecule has 0 radical (unpaired) electrons. The summed E-state index contributed by atoms with van der Waals surface area (Å²) in [6.45, 7) is 2.10. The molecule has 1 aliphatic rings. The van der Waals surface area contributed by atoms with Gasteiger partial charge in [0.1, 0.15) is 22.7 Å². The number of aromatic hydroxyl groups is 1. The maximum Gasteiger partial charge on any atom is 0.342 e. The van der Waals surface area contributed by atoms with E-state index in [1.807, 2.05) is 0 Å². The first-order chi connectivity index (χ1) is 9.19. The van der Waals surface area contributed by atoms with Crippen molar-refractivity contribution in [2.75, 3.05) is 6.61 Å². The molecule has 0 unspecified atom stereocenters. The number of carbonyl (C=O) groups is 1. The van der Waals surface area contributed by atoms with Crippen molar-refractivity contribution in [3.63, 3.8) is 0 Å². The minimum atomic E-state index is -0.373. The van der Waals surface area contributed by atoms with Gasteiger partial charge in [0.2, 0.25) is 0 Å². The molecule has 4 heteroatoms. The van der Waals surface area contributed by atoms with Crippen LogP contribution in [0.1, 0.15) is 35.9 Å². The topological polar surface area (TPSA) is 59.7 Å². The molecule has 100 valence electrons. The molecule has 4 nitrogen and oxygen atoms in total. The van der Waals surface area contributed by atoms with Crippen molar-refractivity contribution >= 4 is 16.9 Å². The van der Waals surface area contributed by atoms with Crippen LogP contribution in [0.4, 0.5) is 0 Å². The highest BCUT2D eigenvalue weighted by Crippen LogP contribution is 2.37. The van der Waals surface area contributed by atoms with E-state index >= 15 is 0 Å². The summed E-state index contributed by atoms with van der Waals surface area (Å²) >= 11 is 0. The van der Waals surface area contributed by atoms with Gasteiger partial charge in [0.15, 0.2) is 0 Å². The average molecular weight is 260 g/mol. The van der Waals surface area contributed by atoms with Crippen LogP contribution in [0.5, 0.6) is 5.75 Å². The Morgan fingerprint density at radius 1 is 1.47 bits per heavy atom. The Labute approximate surface area is 111 Å². The normalized spacial score (nSPS) is 14.8. The lowest BCUT2D eigenvalue weighted by atomic mass is 10.1. The number of phenols is 1. The highest BCUT2D eigenvalue weighted by atomic mass is 16.5. The van der Waals surface area contributed by atoms with Crippen LogP contribution in [0.3, 0.4) is 0 Å². The summed E-state index contributed by atoms with van der Waals surface area (Å²) in [5.74, 6) is 1.04. The standard InChI is InChI=1S/C15H16O4/c1-2-18-15(17)14-11-8-10(16)5-6-12(11)19-13(14)7-9-3-4-9/h5-6,8-9,16H,2-4,7H2,1H3. The minimum Gasteiger partial charge on any atom is -0.508 e. The van der Waals surface area contributed by atoms with E-state index in [1.54, 1.807) is 25.1 Å². The number of fused-ring (bicyclic) bond motifs is 1. The maximum absolute atomic E-state index is 12.1. The summed E-state index contributed by atoms with van der Waals surface area (Å²) in [6.07, 6.45) is 3.14. The van der Waals surface area contributed by atoms with Gasteiger partial charge in [-0.1, -0.05) is 0 Å². The molecular weight excluding hydrogens is 244 g/mol. The number of benzene rings is 1. The molecule has 0 spiro atoms. The van der Waals surface area contributed by atoms with Crippen molar-refractivity contribution in [1.82, 2.24) is 0 Å². The van der Waals surface area contributed by atoms with Gasteiger partial charge >= 0.3 is 5.97 Å². The van der Waals surface area contributed by atoms with Gasteiger partial charge in [-0.05, 0) is 43.9 Å². The van der Waals surface area contributed by atoms with Gasteiger partial charge in [-0.3, -0.25) is 0 Å². The fourth-order valence-electron chi connectivity index (χ4n) is 2.29. The van der Waals surface area contributed by atoms with Crippen molar-refractivity contribution in [2.24, 2.45) is 5.92 Å². The van der Waals surface area contributed by atoms with Crippen LogP contribution in [0.25, 0.3) is 11.0 Å². The zero-order valence-electron chi connectivity index (χ0n) is 10.8. The molecule has 1 N–H and O–H groups in total. The van der Waals surface area contributed by atoms with E-state index in [4.69, 9.17) is 9.15 Å². The summed E-state index contributed by atoms with van der Waals surface area (Å²) in [7, 11) is 0. The Morgan fingerprint density at radius 2 is 2.26 bits per heavy atom. The lowest BCUT2D eigenvalue weighted by Crippen LogP contribution is -2.07. The van der Waals surface area contributed by atoms with Gasteiger partial charge in [0, 0.05) is 11.8 Å². The van der Waals surface area contributed by atoms with Crippen LogP contribution < -0.4 is 0 Å². The number of phenolic OH excluding ortho intramolecular Hbond substituents is 1. The number of hydrogen-bond donors (Lipinski definition) is 1. The Morgan fingerprint density at radius 3 is 2.95 bits per heavy atom. The average Bonchev–Trinajstić information content (AvgIpc) is 3.09. The molecule has 3 rings (SSSR count). The van der Waals surface area contributed by atoms with Crippen LogP contribution in [0.15, 0.2) is 22.6 Å². The molecule has 1 aromatic heterocycles. The predicted octanol–water partition coefficient (Wildman–Crippen LogP) is 3.27. The largest absolute Gasteiger partial charge is 0.508 e. The number of carbonyl (C=O) groups excluding carboxylic acids is 1. The van der Waals surface area contributed by atoms with Crippen molar-refractivity contribution < 1.29 is 19.1 Å². The molecule has 1 aromatic carbocycles. The summed E-state index contributed by atoms with van der Waals surface area (Å²) < 4.78 is 10.9. The maximum atomic E-state index is 12.1. The van der Waals surface area contributed by atoms with Crippen LogP contribution in [-0.2, 0) is 11.2 Å². The zero-order valence-corrected chi connectivity index (χ0v) is 10.8. The predicted molar refractivity (Wildman–Crippen MR) is 70.3 cm³/mol. The van der Waals surface area contributed by atoms with E-state index in [2.05, 4.69) is 0 Å². The summed E-state index contributed by atoms with van der Waals surface area (Å²) in [6, 6.07) is 4.80. The highest BCUT2D eigenvalue weighted by molar-refractivity contribution is 6.05. The van der Waals surface area contributed by atoms with E-state index in [9.17, 15) is 9.90 Å². The summed E-state index contributed by atoms with van der Waals surface area (Å²) in [4.78, 5) is 12.1. The van der Waals surface area contributed by atoms with Gasteiger partial charge in [-0.15, -0.1) is 0 Å². The van der Waals surface area contributed by atoms with Gasteiger partial charge in [0.25, 0.3) is 0 Å². The quantitative estimate of drug-likeness (QED) is 0.857. The monoisotopic (exact) mass is 260 g/mol. The molecule has 0 saturated heterocycles. The Hall–Kier alpha value is -1.97. The molecule has 0 aliphatic heterocycles. The molecule has 1 fully saturated rings. The van der Waals surface area contributed by atoms with E-state index in [0.717, 1.165) is 6.42 Å². The number of ether oxygens (including phenoxy) is 1. The Bertz CT molecular complexity index is 622. The first-order valence-corrected chi connectivity index (χ1v) is 6.60. The molecule has 1 aliphatic carbocycles. The summed E-state index contributed by atoms with van der Waals surface area (Å²) in [5.41, 5.74) is 1.09. The first kappa shape index (κ1) is 12.1. The molecule has 0 amide bonds. The number of esters is 1. The van der Waals surface area contributed by atoms with Crippen LogP contribution in [0, 0.1) is 5.92 Å². The van der Waals surface area contributed by atoms with Crippen molar-refractivity contribution in [2.45, 2.75) is 26.2 Å². The molecule has 2 aromatic rings. The second-order valence-electron chi connectivity index (χ2n) is 4.95. The second kappa shape index (κ2) is 4.61. The van der Waals surface area contributed by atoms with E-state index in [1.165, 1.54) is 12.8 Å². The van der Waals surface area contributed by atoms with Gasteiger partial charge < -0.3 is 14.3 Å². The molecule has 0 atom stereocenters. The SMILES string of the molecule is CCOC(=O)c1c(CC2CC2)oc2ccc(O)cc12. The Balaban J connectivity index is 2.10. The second-order valence-corrected chi connectivity index (χ2v) is 4.95. The number of furan rings is 1. The fraction of sp³-hybridized carbons (Fsp3) is 0.400. The lowest BCUT2D eigenvalue weighted by Gasteiger charge is -2.02. The van der Waals surface area contributed by atoms with Crippen LogP contribution in [-0.4, -0.2) is 17.7 Å². The lowest BCUT2D eigenvalue weighted by molar-refractivity contribution is 0.0525. The molecule has 1 heterocycles. The highest BCUT2D eigenvalue weighted by Gasteiger charge is 2.29. The minimum absolute atomic E-state index is 0.122. The molecule has 19 heavy (non-hydrogen) atoms. The summed E-state index contributed by atoms with van der Waals surface area (Å²) in [5, 5.41) is 10.2. The van der Waals surface area contributed by atoms with Crippen LogP contribution >= 0.6 is 0 Å². The van der Waals surface area contributed by atoms with E-state index in [-0.39, 0.29) is 11.7 Å². The fourth-order valence-corrected chi connectivity index (χ4v) is 2.29. The third-order valence-corrected chi connectivity index (χ3v) is 3.40. The molecular formula is C15H16O4. The molecule has 1 saturated carbocycles. The third kappa shape index (κ3) is 2.30. The van der Waals surface area contributed by atoms with E-state index < -0.39 is 0 Å². The third-order valence-electron chi connectivity index (χ3n) is 3.40. The Kier molecular flexibility index (Phi) is 2.93. The number of rotatable bonds is 4.